The van der Waals surface area contributed by atoms with Crippen LogP contribution in [0.25, 0.3) is 0 Å². The number of ether oxygens (including phenoxy) is 1. The highest BCUT2D eigenvalue weighted by Gasteiger charge is 2.27. The standard InChI is InChI=1S/C11H20F3N3O2/c1-16(6-7-19-9-11(12,13)14)8-10(18)17-4-2-15-3-5-17/h15H,2-9H2,1H3. The van der Waals surface area contributed by atoms with Gasteiger partial charge in [0, 0.05) is 32.7 Å². The summed E-state index contributed by atoms with van der Waals surface area (Å²) < 4.78 is 40.0. The molecule has 8 heteroatoms. The molecule has 1 aliphatic rings. The van der Waals surface area contributed by atoms with E-state index in [1.807, 2.05) is 0 Å². The molecule has 0 spiro atoms. The maximum atomic E-state index is 11.8. The largest absolute Gasteiger partial charge is 0.411 e. The lowest BCUT2D eigenvalue weighted by Gasteiger charge is -2.29. The molecule has 1 saturated heterocycles. The van der Waals surface area contributed by atoms with Crippen LogP contribution in [-0.4, -0.2) is 81.4 Å². The van der Waals surface area contributed by atoms with Crippen molar-refractivity contribution in [2.45, 2.75) is 6.18 Å². The van der Waals surface area contributed by atoms with Gasteiger partial charge < -0.3 is 15.0 Å². The van der Waals surface area contributed by atoms with Crippen LogP contribution in [0.5, 0.6) is 0 Å². The van der Waals surface area contributed by atoms with Crippen molar-refractivity contribution >= 4 is 5.91 Å². The van der Waals surface area contributed by atoms with Crippen LogP contribution in [0, 0.1) is 0 Å². The van der Waals surface area contributed by atoms with E-state index in [1.54, 1.807) is 16.8 Å². The highest BCUT2D eigenvalue weighted by molar-refractivity contribution is 5.78. The second-order valence-corrected chi connectivity index (χ2v) is 4.54. The Morgan fingerprint density at radius 3 is 2.58 bits per heavy atom. The van der Waals surface area contributed by atoms with E-state index >= 15 is 0 Å². The van der Waals surface area contributed by atoms with Crippen molar-refractivity contribution in [3.63, 3.8) is 0 Å². The molecule has 1 aliphatic heterocycles. The Kier molecular flexibility index (Phi) is 6.53. The van der Waals surface area contributed by atoms with Crippen molar-refractivity contribution in [2.24, 2.45) is 0 Å². The van der Waals surface area contributed by atoms with E-state index in [1.165, 1.54) is 0 Å². The van der Waals surface area contributed by atoms with Crippen LogP contribution in [0.2, 0.25) is 0 Å². The van der Waals surface area contributed by atoms with Crippen molar-refractivity contribution in [1.82, 2.24) is 15.1 Å². The maximum absolute atomic E-state index is 11.8. The Bertz CT molecular complexity index is 281. The number of nitrogens with one attached hydrogen (secondary N) is 1. The molecule has 112 valence electrons. The zero-order chi connectivity index (χ0) is 14.3. The summed E-state index contributed by atoms with van der Waals surface area (Å²) >= 11 is 0. The molecule has 0 radical (unpaired) electrons. The zero-order valence-electron chi connectivity index (χ0n) is 11.0. The highest BCUT2D eigenvalue weighted by atomic mass is 19.4. The SMILES string of the molecule is CN(CCOCC(F)(F)F)CC(=O)N1CCNCC1. The van der Waals surface area contributed by atoms with Gasteiger partial charge >= 0.3 is 6.18 Å². The third-order valence-corrected chi connectivity index (χ3v) is 2.76. The summed E-state index contributed by atoms with van der Waals surface area (Å²) in [6.07, 6.45) is -4.30. The molecular weight excluding hydrogens is 263 g/mol. The predicted molar refractivity (Wildman–Crippen MR) is 63.8 cm³/mol. The molecule has 0 aromatic carbocycles. The van der Waals surface area contributed by atoms with Crippen LogP contribution in [0.1, 0.15) is 0 Å². The minimum Gasteiger partial charge on any atom is -0.371 e. The summed E-state index contributed by atoms with van der Waals surface area (Å²) in [5.74, 6) is -0.000165. The van der Waals surface area contributed by atoms with Gasteiger partial charge in [-0.1, -0.05) is 0 Å². The molecule has 1 rings (SSSR count). The van der Waals surface area contributed by atoms with Crippen LogP contribution in [0.4, 0.5) is 13.2 Å². The number of alkyl halides is 3. The van der Waals surface area contributed by atoms with Crippen LogP contribution < -0.4 is 5.32 Å². The second-order valence-electron chi connectivity index (χ2n) is 4.54. The molecule has 0 aliphatic carbocycles. The molecular formula is C11H20F3N3O2. The molecule has 1 N–H and O–H groups in total. The summed E-state index contributed by atoms with van der Waals surface area (Å²) in [5.41, 5.74) is 0. The van der Waals surface area contributed by atoms with Gasteiger partial charge in [-0.2, -0.15) is 13.2 Å². The minimum absolute atomic E-state index is 0.000165. The number of rotatable bonds is 6. The molecule has 0 unspecified atom stereocenters. The number of carbonyl (C=O) groups is 1. The Morgan fingerprint density at radius 2 is 2.00 bits per heavy atom. The topological polar surface area (TPSA) is 44.8 Å². The number of halogens is 3. The molecule has 19 heavy (non-hydrogen) atoms. The van der Waals surface area contributed by atoms with Crippen molar-refractivity contribution in [1.29, 1.82) is 0 Å². The van der Waals surface area contributed by atoms with Crippen molar-refractivity contribution in [3.8, 4) is 0 Å². The first-order valence-electron chi connectivity index (χ1n) is 6.20. The zero-order valence-corrected chi connectivity index (χ0v) is 11.0. The van der Waals surface area contributed by atoms with Gasteiger partial charge in [0.15, 0.2) is 0 Å². The van der Waals surface area contributed by atoms with E-state index < -0.39 is 12.8 Å². The average molecular weight is 283 g/mol. The number of nitrogens with zero attached hydrogens (tertiary/aromatic N) is 2. The van der Waals surface area contributed by atoms with Crippen LogP contribution in [0.3, 0.4) is 0 Å². The third-order valence-electron chi connectivity index (χ3n) is 2.76. The molecule has 1 fully saturated rings. The highest BCUT2D eigenvalue weighted by Crippen LogP contribution is 2.14. The van der Waals surface area contributed by atoms with Gasteiger partial charge in [-0.15, -0.1) is 0 Å². The van der Waals surface area contributed by atoms with Gasteiger partial charge in [0.2, 0.25) is 5.91 Å². The minimum atomic E-state index is -4.30. The van der Waals surface area contributed by atoms with Crippen LogP contribution >= 0.6 is 0 Å². The Morgan fingerprint density at radius 1 is 1.37 bits per heavy atom. The van der Waals surface area contributed by atoms with Crippen molar-refractivity contribution in [3.05, 3.63) is 0 Å². The molecule has 5 nitrogen and oxygen atoms in total. The first-order chi connectivity index (χ1) is 8.88. The fraction of sp³-hybridized carbons (Fsp3) is 0.909. The Hall–Kier alpha value is -0.860. The fourth-order valence-corrected chi connectivity index (χ4v) is 1.73. The van der Waals surface area contributed by atoms with E-state index in [0.717, 1.165) is 13.1 Å². The molecule has 0 aromatic rings. The Labute approximate surface area is 110 Å². The average Bonchev–Trinajstić information content (AvgIpc) is 2.34. The molecule has 0 atom stereocenters. The number of carbonyl (C=O) groups excluding carboxylic acids is 1. The van der Waals surface area contributed by atoms with Crippen LogP contribution in [-0.2, 0) is 9.53 Å². The van der Waals surface area contributed by atoms with E-state index in [-0.39, 0.29) is 19.1 Å². The quantitative estimate of drug-likeness (QED) is 0.693. The molecule has 0 saturated carbocycles. The maximum Gasteiger partial charge on any atom is 0.411 e. The normalized spacial score (nSPS) is 17.0. The summed E-state index contributed by atoms with van der Waals surface area (Å²) in [6, 6.07) is 0. The lowest BCUT2D eigenvalue weighted by atomic mass is 10.3. The summed E-state index contributed by atoms with van der Waals surface area (Å²) in [5, 5.41) is 3.14. The van der Waals surface area contributed by atoms with Gasteiger partial charge in [-0.25, -0.2) is 0 Å². The first kappa shape index (κ1) is 16.2. The van der Waals surface area contributed by atoms with E-state index in [9.17, 15) is 18.0 Å². The van der Waals surface area contributed by atoms with Crippen molar-refractivity contribution in [2.75, 3.05) is 59.5 Å². The molecule has 0 aromatic heterocycles. The second kappa shape index (κ2) is 7.66. The number of hydrogen-bond acceptors (Lipinski definition) is 4. The molecule has 1 amide bonds. The smallest absolute Gasteiger partial charge is 0.371 e. The van der Waals surface area contributed by atoms with Gasteiger partial charge in [0.1, 0.15) is 6.61 Å². The third kappa shape index (κ3) is 7.34. The first-order valence-corrected chi connectivity index (χ1v) is 6.20. The summed E-state index contributed by atoms with van der Waals surface area (Å²) in [6.45, 7) is 2.14. The van der Waals surface area contributed by atoms with E-state index in [2.05, 4.69) is 10.1 Å². The van der Waals surface area contributed by atoms with Gasteiger partial charge in [-0.05, 0) is 7.05 Å². The predicted octanol–water partition coefficient (Wildman–Crippen LogP) is -0.0711. The number of piperazine rings is 1. The molecule has 1 heterocycles. The summed E-state index contributed by atoms with van der Waals surface area (Å²) in [7, 11) is 1.69. The van der Waals surface area contributed by atoms with E-state index in [4.69, 9.17) is 0 Å². The lowest BCUT2D eigenvalue weighted by Crippen LogP contribution is -2.49. The number of amides is 1. The van der Waals surface area contributed by atoms with E-state index in [0.29, 0.717) is 19.6 Å². The lowest BCUT2D eigenvalue weighted by molar-refractivity contribution is -0.174. The molecule has 0 bridgehead atoms. The van der Waals surface area contributed by atoms with Gasteiger partial charge in [-0.3, -0.25) is 9.69 Å². The Balaban J connectivity index is 2.12. The van der Waals surface area contributed by atoms with Gasteiger partial charge in [0.25, 0.3) is 0 Å². The monoisotopic (exact) mass is 283 g/mol. The number of hydrogen-bond donors (Lipinski definition) is 1. The van der Waals surface area contributed by atoms with Gasteiger partial charge in [0.05, 0.1) is 13.2 Å². The van der Waals surface area contributed by atoms with Crippen LogP contribution in [0.15, 0.2) is 0 Å². The number of likely N-dealkylation sites (N-methyl/N-ethyl adjacent to an activating group) is 1. The fourth-order valence-electron chi connectivity index (χ4n) is 1.73. The van der Waals surface area contributed by atoms with Crippen molar-refractivity contribution < 1.29 is 22.7 Å². The summed E-state index contributed by atoms with van der Waals surface area (Å²) in [4.78, 5) is 15.3.